The quantitative estimate of drug-likeness (QED) is 0.147. The molecule has 0 aromatic carbocycles. The minimum absolute atomic E-state index is 0.01000. The molecule has 0 aromatic heterocycles. The molecule has 2 saturated heterocycles. The molecule has 0 amide bonds. The van der Waals surface area contributed by atoms with E-state index in [4.69, 9.17) is 23.7 Å². The van der Waals surface area contributed by atoms with Crippen molar-refractivity contribution < 1.29 is 59.1 Å². The van der Waals surface area contributed by atoms with Crippen molar-refractivity contribution in [2.75, 3.05) is 33.0 Å². The number of cyclic esters (lactones) is 1. The highest BCUT2D eigenvalue weighted by Crippen LogP contribution is 2.62. The lowest BCUT2D eigenvalue weighted by Crippen LogP contribution is -2.61. The molecule has 5 rings (SSSR count). The maximum absolute atomic E-state index is 12.0. The summed E-state index contributed by atoms with van der Waals surface area (Å²) < 4.78 is 27.4. The highest BCUT2D eigenvalue weighted by atomic mass is 16.7. The minimum atomic E-state index is -1.80. The van der Waals surface area contributed by atoms with Gasteiger partial charge in [0, 0.05) is 5.57 Å². The maximum Gasteiger partial charge on any atom is 0.334 e. The van der Waals surface area contributed by atoms with E-state index in [9.17, 15) is 35.4 Å². The van der Waals surface area contributed by atoms with Crippen LogP contribution in [0, 0.1) is 22.7 Å². The Balaban J connectivity index is 1.18. The largest absolute Gasteiger partial charge is 0.458 e. The second-order valence-electron chi connectivity index (χ2n) is 13.7. The molecule has 0 bridgehead atoms. The summed E-state index contributed by atoms with van der Waals surface area (Å²) in [7, 11) is 0. The summed E-state index contributed by atoms with van der Waals surface area (Å²) in [5.74, 6) is 0.390. The van der Waals surface area contributed by atoms with Crippen LogP contribution < -0.4 is 0 Å². The zero-order chi connectivity index (χ0) is 31.2. The first-order chi connectivity index (χ1) is 20.3. The molecule has 43 heavy (non-hydrogen) atoms. The van der Waals surface area contributed by atoms with E-state index in [0.717, 1.165) is 44.1 Å². The van der Waals surface area contributed by atoms with Crippen LogP contribution in [0.25, 0.3) is 0 Å². The van der Waals surface area contributed by atoms with E-state index in [0.29, 0.717) is 25.6 Å². The summed E-state index contributed by atoms with van der Waals surface area (Å²) in [5.41, 5.74) is -0.00576. The Bertz CT molecular complexity index is 1070. The van der Waals surface area contributed by atoms with E-state index in [-0.39, 0.29) is 35.9 Å². The average molecular weight is 613 g/mol. The fraction of sp³-hybridized carbons (Fsp3) is 0.839. The van der Waals surface area contributed by atoms with E-state index in [2.05, 4.69) is 20.4 Å². The first-order valence-corrected chi connectivity index (χ1v) is 15.4. The van der Waals surface area contributed by atoms with Crippen LogP contribution in [-0.2, 0) is 28.5 Å². The summed E-state index contributed by atoms with van der Waals surface area (Å²) >= 11 is 0. The fourth-order valence-corrected chi connectivity index (χ4v) is 8.42. The van der Waals surface area contributed by atoms with Gasteiger partial charge in [-0.25, -0.2) is 4.79 Å². The van der Waals surface area contributed by atoms with Gasteiger partial charge in [-0.2, -0.15) is 0 Å². The molecule has 12 nitrogen and oxygen atoms in total. The van der Waals surface area contributed by atoms with Gasteiger partial charge in [0.05, 0.1) is 26.4 Å². The molecule has 4 fully saturated rings. The number of allylic oxidation sites excluding steroid dienone is 1. The zero-order valence-corrected chi connectivity index (χ0v) is 25.1. The third kappa shape index (κ3) is 6.20. The summed E-state index contributed by atoms with van der Waals surface area (Å²) in [6.07, 6.45) is -2.19. The van der Waals surface area contributed by atoms with Crippen molar-refractivity contribution in [2.24, 2.45) is 22.7 Å². The average Bonchev–Trinajstić information content (AvgIpc) is 3.49. The minimum Gasteiger partial charge on any atom is -0.458 e. The molecule has 2 aliphatic carbocycles. The molecule has 2 saturated carbocycles. The van der Waals surface area contributed by atoms with Crippen molar-refractivity contribution in [1.29, 1.82) is 0 Å². The number of aliphatic hydroxyl groups is 6. The SMILES string of the molecule is C=C1CC[C@@H]2[C@](C)(COC[C@@]3(O)CO[C@@H](O[C@H]4[C@H](O)[C@@H](O)[C@H](CO)O[C@@H]4O)[C@@H]3O)CCC[C@@]2(C)[C@@H]1CCC1=CCOC1=O. The van der Waals surface area contributed by atoms with E-state index in [1.807, 2.05) is 6.08 Å². The molecule has 12 atom stereocenters. The molecule has 12 heteroatoms. The molecular weight excluding hydrogens is 564 g/mol. The van der Waals surface area contributed by atoms with Gasteiger partial charge >= 0.3 is 5.97 Å². The maximum atomic E-state index is 12.0. The van der Waals surface area contributed by atoms with Crippen molar-refractivity contribution in [3.05, 3.63) is 23.8 Å². The van der Waals surface area contributed by atoms with Crippen LogP contribution in [0.3, 0.4) is 0 Å². The van der Waals surface area contributed by atoms with Gasteiger partial charge in [-0.1, -0.05) is 32.4 Å². The second-order valence-corrected chi connectivity index (χ2v) is 13.7. The van der Waals surface area contributed by atoms with E-state index in [1.165, 1.54) is 5.57 Å². The van der Waals surface area contributed by atoms with Gasteiger partial charge in [0.1, 0.15) is 42.7 Å². The number of carbonyl (C=O) groups is 1. The van der Waals surface area contributed by atoms with Crippen molar-refractivity contribution in [2.45, 2.75) is 107 Å². The van der Waals surface area contributed by atoms with Crippen molar-refractivity contribution >= 4 is 5.97 Å². The first kappa shape index (κ1) is 32.9. The number of aliphatic hydroxyl groups excluding tert-OH is 5. The van der Waals surface area contributed by atoms with Gasteiger partial charge in [-0.3, -0.25) is 0 Å². The molecule has 0 spiro atoms. The summed E-state index contributed by atoms with van der Waals surface area (Å²) in [6, 6.07) is 0. The molecule has 0 unspecified atom stereocenters. The summed E-state index contributed by atoms with van der Waals surface area (Å²) in [6.45, 7) is 8.56. The predicted octanol–water partition coefficient (Wildman–Crippen LogP) is 0.310. The van der Waals surface area contributed by atoms with Gasteiger partial charge in [0.2, 0.25) is 0 Å². The second kappa shape index (κ2) is 12.7. The molecule has 0 aromatic rings. The number of esters is 1. The molecule has 3 aliphatic heterocycles. The van der Waals surface area contributed by atoms with Crippen molar-refractivity contribution in [3.63, 3.8) is 0 Å². The lowest BCUT2D eigenvalue weighted by molar-refractivity contribution is -0.325. The smallest absolute Gasteiger partial charge is 0.334 e. The third-order valence-corrected chi connectivity index (χ3v) is 10.9. The lowest BCUT2D eigenvalue weighted by Gasteiger charge is -2.59. The van der Waals surface area contributed by atoms with E-state index in [1.54, 1.807) is 0 Å². The van der Waals surface area contributed by atoms with Crippen LogP contribution in [0.1, 0.15) is 58.8 Å². The van der Waals surface area contributed by atoms with Gasteiger partial charge in [0.25, 0.3) is 0 Å². The predicted molar refractivity (Wildman–Crippen MR) is 150 cm³/mol. The van der Waals surface area contributed by atoms with E-state index < -0.39 is 55.3 Å². The fourth-order valence-electron chi connectivity index (χ4n) is 8.42. The monoisotopic (exact) mass is 612 g/mol. The van der Waals surface area contributed by atoms with Crippen LogP contribution in [-0.4, -0.2) is 118 Å². The summed E-state index contributed by atoms with van der Waals surface area (Å²) in [4.78, 5) is 12.0. The standard InChI is InChI=1S/C31H48O12/c1-17-5-8-21-29(2,10-4-11-30(21,3)19(17)7-6-18-9-12-40-26(18)36)14-39-15-31(38)16-41-28(25(31)35)43-24-23(34)22(33)20(13-32)42-27(24)37/h9,19-25,27-28,32-35,37-38H,1,4-8,10-16H2,2-3H3/t19-,20+,21-,22+,23-,24+,25+,27+,28+,29+,30+,31-/m1/s1. The molecule has 0 radical (unpaired) electrons. The van der Waals surface area contributed by atoms with Gasteiger partial charge < -0.3 is 54.3 Å². The Hall–Kier alpha value is -1.45. The molecule has 5 aliphatic rings. The van der Waals surface area contributed by atoms with Crippen molar-refractivity contribution in [3.8, 4) is 0 Å². The van der Waals surface area contributed by atoms with Crippen molar-refractivity contribution in [1.82, 2.24) is 0 Å². The zero-order valence-electron chi connectivity index (χ0n) is 25.1. The highest BCUT2D eigenvalue weighted by Gasteiger charge is 2.56. The Kier molecular flexibility index (Phi) is 9.76. The number of rotatable bonds is 10. The normalized spacial score (nSPS) is 46.9. The number of hydrogen-bond donors (Lipinski definition) is 6. The Morgan fingerprint density at radius 2 is 1.88 bits per heavy atom. The van der Waals surface area contributed by atoms with E-state index >= 15 is 0 Å². The van der Waals surface area contributed by atoms with Gasteiger partial charge in [0.15, 0.2) is 12.6 Å². The topological polar surface area (TPSA) is 185 Å². The molecule has 3 heterocycles. The van der Waals surface area contributed by atoms with Crippen LogP contribution >= 0.6 is 0 Å². The Morgan fingerprint density at radius 1 is 1.12 bits per heavy atom. The van der Waals surface area contributed by atoms with Gasteiger partial charge in [-0.05, 0) is 67.3 Å². The highest BCUT2D eigenvalue weighted by molar-refractivity contribution is 5.90. The van der Waals surface area contributed by atoms with Crippen LogP contribution in [0.5, 0.6) is 0 Å². The Morgan fingerprint density at radius 3 is 2.58 bits per heavy atom. The number of fused-ring (bicyclic) bond motifs is 1. The molecule has 244 valence electrons. The number of ether oxygens (including phenoxy) is 5. The number of hydrogen-bond acceptors (Lipinski definition) is 12. The molecule has 6 N–H and O–H groups in total. The van der Waals surface area contributed by atoms with Gasteiger partial charge in [-0.15, -0.1) is 0 Å². The number of carbonyl (C=O) groups excluding carboxylic acids is 1. The third-order valence-electron chi connectivity index (χ3n) is 10.9. The summed E-state index contributed by atoms with van der Waals surface area (Å²) in [5, 5.41) is 62.1. The van der Waals surface area contributed by atoms with Crippen LogP contribution in [0.15, 0.2) is 23.8 Å². The lowest BCUT2D eigenvalue weighted by atomic mass is 9.47. The first-order valence-electron chi connectivity index (χ1n) is 15.4. The van der Waals surface area contributed by atoms with Crippen LogP contribution in [0.2, 0.25) is 0 Å². The Labute approximate surface area is 252 Å². The van der Waals surface area contributed by atoms with Crippen LogP contribution in [0.4, 0.5) is 0 Å². The molecular formula is C31H48O12.